The highest BCUT2D eigenvalue weighted by Gasteiger charge is 2.11. The maximum atomic E-state index is 11.7. The largest absolute Gasteiger partial charge is 0.326 e. The van der Waals surface area contributed by atoms with Crippen LogP contribution in [0.15, 0.2) is 18.2 Å². The van der Waals surface area contributed by atoms with Gasteiger partial charge < -0.3 is 10.6 Å². The van der Waals surface area contributed by atoms with E-state index in [9.17, 15) is 18.0 Å². The molecule has 128 valence electrons. The molecule has 7 nitrogen and oxygen atoms in total. The molecule has 0 unspecified atom stereocenters. The number of hydrogen-bond acceptors (Lipinski definition) is 4. The molecular formula is C14H20ClN3O4S. The van der Waals surface area contributed by atoms with Crippen LogP contribution in [0, 0.1) is 5.92 Å². The van der Waals surface area contributed by atoms with Crippen LogP contribution in [0.3, 0.4) is 0 Å². The highest BCUT2D eigenvalue weighted by atomic mass is 35.5. The summed E-state index contributed by atoms with van der Waals surface area (Å²) in [4.78, 5) is 23.3. The Morgan fingerprint density at radius 1 is 1.22 bits per heavy atom. The van der Waals surface area contributed by atoms with Gasteiger partial charge in [0, 0.05) is 24.6 Å². The maximum Gasteiger partial charge on any atom is 0.226 e. The van der Waals surface area contributed by atoms with Crippen LogP contribution in [0.1, 0.15) is 20.3 Å². The van der Waals surface area contributed by atoms with Crippen molar-refractivity contribution >= 4 is 44.8 Å². The SMILES string of the molecule is CC(C)C(=O)Nc1ccc(NC(=O)CCNS(C)(=O)=O)cc1Cl. The summed E-state index contributed by atoms with van der Waals surface area (Å²) in [6.07, 6.45) is 1.02. The molecule has 0 bridgehead atoms. The minimum atomic E-state index is -3.31. The van der Waals surface area contributed by atoms with Gasteiger partial charge in [-0.1, -0.05) is 25.4 Å². The molecule has 1 aromatic rings. The van der Waals surface area contributed by atoms with Crippen molar-refractivity contribution in [1.82, 2.24) is 4.72 Å². The van der Waals surface area contributed by atoms with Crippen molar-refractivity contribution in [1.29, 1.82) is 0 Å². The third kappa shape index (κ3) is 7.45. The van der Waals surface area contributed by atoms with E-state index >= 15 is 0 Å². The van der Waals surface area contributed by atoms with Crippen LogP contribution in [0.5, 0.6) is 0 Å². The lowest BCUT2D eigenvalue weighted by Crippen LogP contribution is -2.26. The standard InChI is InChI=1S/C14H20ClN3O4S/c1-9(2)14(20)18-12-5-4-10(8-11(12)15)17-13(19)6-7-16-23(3,21)22/h4-5,8-9,16H,6-7H2,1-3H3,(H,17,19)(H,18,20). The molecule has 1 rings (SSSR count). The molecule has 0 atom stereocenters. The van der Waals surface area contributed by atoms with E-state index in [1.54, 1.807) is 26.0 Å². The highest BCUT2D eigenvalue weighted by molar-refractivity contribution is 7.88. The van der Waals surface area contributed by atoms with Crippen molar-refractivity contribution in [3.05, 3.63) is 23.2 Å². The Bertz CT molecular complexity index is 689. The Kier molecular flexibility index (Phi) is 6.99. The van der Waals surface area contributed by atoms with Gasteiger partial charge in [0.15, 0.2) is 0 Å². The number of anilines is 2. The Morgan fingerprint density at radius 3 is 2.39 bits per heavy atom. The van der Waals surface area contributed by atoms with E-state index in [0.29, 0.717) is 16.4 Å². The van der Waals surface area contributed by atoms with E-state index in [4.69, 9.17) is 11.6 Å². The van der Waals surface area contributed by atoms with E-state index in [-0.39, 0.29) is 30.7 Å². The van der Waals surface area contributed by atoms with Gasteiger partial charge in [0.05, 0.1) is 17.0 Å². The first-order valence-corrected chi connectivity index (χ1v) is 9.20. The van der Waals surface area contributed by atoms with Gasteiger partial charge in [-0.05, 0) is 18.2 Å². The van der Waals surface area contributed by atoms with Gasteiger partial charge in [-0.3, -0.25) is 9.59 Å². The van der Waals surface area contributed by atoms with Gasteiger partial charge in [-0.15, -0.1) is 0 Å². The van der Waals surface area contributed by atoms with Gasteiger partial charge in [0.25, 0.3) is 0 Å². The zero-order valence-corrected chi connectivity index (χ0v) is 14.7. The first-order chi connectivity index (χ1) is 10.6. The molecule has 0 aliphatic rings. The third-order valence-corrected chi connectivity index (χ3v) is 3.79. The summed E-state index contributed by atoms with van der Waals surface area (Å²) in [5.41, 5.74) is 0.920. The van der Waals surface area contributed by atoms with Crippen LogP contribution in [-0.2, 0) is 19.6 Å². The number of benzene rings is 1. The van der Waals surface area contributed by atoms with E-state index < -0.39 is 10.0 Å². The first kappa shape index (κ1) is 19.4. The Hall–Kier alpha value is -1.64. The average molecular weight is 362 g/mol. The van der Waals surface area contributed by atoms with E-state index in [2.05, 4.69) is 15.4 Å². The average Bonchev–Trinajstić information content (AvgIpc) is 2.40. The molecule has 0 saturated heterocycles. The lowest BCUT2D eigenvalue weighted by molar-refractivity contribution is -0.119. The van der Waals surface area contributed by atoms with Crippen molar-refractivity contribution in [2.75, 3.05) is 23.4 Å². The molecule has 0 spiro atoms. The summed E-state index contributed by atoms with van der Waals surface area (Å²) in [5, 5.41) is 5.58. The molecule has 0 aliphatic carbocycles. The molecule has 0 saturated carbocycles. The summed E-state index contributed by atoms with van der Waals surface area (Å²) >= 11 is 6.07. The molecule has 0 heterocycles. The number of hydrogen-bond donors (Lipinski definition) is 3. The predicted molar refractivity (Wildman–Crippen MR) is 91.0 cm³/mol. The molecule has 2 amide bonds. The second kappa shape index (κ2) is 8.28. The molecule has 1 aromatic carbocycles. The molecule has 9 heteroatoms. The Labute approximate surface area is 140 Å². The summed E-state index contributed by atoms with van der Waals surface area (Å²) in [6, 6.07) is 4.70. The second-order valence-electron chi connectivity index (χ2n) is 5.30. The van der Waals surface area contributed by atoms with Crippen molar-refractivity contribution in [2.45, 2.75) is 20.3 Å². The monoisotopic (exact) mass is 361 g/mol. The maximum absolute atomic E-state index is 11.7. The second-order valence-corrected chi connectivity index (χ2v) is 7.54. The van der Waals surface area contributed by atoms with E-state index in [0.717, 1.165) is 6.26 Å². The smallest absolute Gasteiger partial charge is 0.226 e. The van der Waals surface area contributed by atoms with E-state index in [1.807, 2.05) is 0 Å². The van der Waals surface area contributed by atoms with Crippen LogP contribution < -0.4 is 15.4 Å². The lowest BCUT2D eigenvalue weighted by atomic mass is 10.2. The number of amides is 2. The molecule has 0 aromatic heterocycles. The molecule has 0 aliphatic heterocycles. The lowest BCUT2D eigenvalue weighted by Gasteiger charge is -2.11. The minimum Gasteiger partial charge on any atom is -0.326 e. The summed E-state index contributed by atoms with van der Waals surface area (Å²) in [5.74, 6) is -0.681. The Morgan fingerprint density at radius 2 is 1.87 bits per heavy atom. The van der Waals surface area contributed by atoms with Crippen molar-refractivity contribution < 1.29 is 18.0 Å². The van der Waals surface area contributed by atoms with Crippen molar-refractivity contribution in [2.24, 2.45) is 5.92 Å². The van der Waals surface area contributed by atoms with Gasteiger partial charge in [-0.25, -0.2) is 13.1 Å². The highest BCUT2D eigenvalue weighted by Crippen LogP contribution is 2.26. The normalized spacial score (nSPS) is 11.3. The van der Waals surface area contributed by atoms with Crippen molar-refractivity contribution in [3.63, 3.8) is 0 Å². The summed E-state index contributed by atoms with van der Waals surface area (Å²) in [6.45, 7) is 3.55. The predicted octanol–water partition coefficient (Wildman–Crippen LogP) is 1.81. The first-order valence-electron chi connectivity index (χ1n) is 6.93. The number of sulfonamides is 1. The third-order valence-electron chi connectivity index (χ3n) is 2.75. The van der Waals surface area contributed by atoms with Crippen LogP contribution in [0.25, 0.3) is 0 Å². The van der Waals surface area contributed by atoms with Crippen LogP contribution >= 0.6 is 11.6 Å². The molecule has 0 fully saturated rings. The molecule has 3 N–H and O–H groups in total. The van der Waals surface area contributed by atoms with Gasteiger partial charge in [0.1, 0.15) is 0 Å². The number of rotatable bonds is 7. The molecule has 0 radical (unpaired) electrons. The molecule has 23 heavy (non-hydrogen) atoms. The number of halogens is 1. The number of nitrogens with one attached hydrogen (secondary N) is 3. The van der Waals surface area contributed by atoms with Gasteiger partial charge in [0.2, 0.25) is 21.8 Å². The minimum absolute atomic E-state index is 0.00345. The van der Waals surface area contributed by atoms with Crippen LogP contribution in [0.2, 0.25) is 5.02 Å². The van der Waals surface area contributed by atoms with Gasteiger partial charge in [-0.2, -0.15) is 0 Å². The van der Waals surface area contributed by atoms with Crippen LogP contribution in [-0.4, -0.2) is 33.0 Å². The fourth-order valence-electron chi connectivity index (χ4n) is 1.54. The summed E-state index contributed by atoms with van der Waals surface area (Å²) < 4.78 is 24.0. The zero-order chi connectivity index (χ0) is 17.6. The fourth-order valence-corrected chi connectivity index (χ4v) is 2.25. The van der Waals surface area contributed by atoms with Gasteiger partial charge >= 0.3 is 0 Å². The summed E-state index contributed by atoms with van der Waals surface area (Å²) in [7, 11) is -3.31. The van der Waals surface area contributed by atoms with Crippen LogP contribution in [0.4, 0.5) is 11.4 Å². The zero-order valence-electron chi connectivity index (χ0n) is 13.1. The number of carbonyl (C=O) groups is 2. The Balaban J connectivity index is 2.60. The topological polar surface area (TPSA) is 104 Å². The molecular weight excluding hydrogens is 342 g/mol. The van der Waals surface area contributed by atoms with Crippen molar-refractivity contribution in [3.8, 4) is 0 Å². The number of carbonyl (C=O) groups excluding carboxylic acids is 2. The fraction of sp³-hybridized carbons (Fsp3) is 0.429. The van der Waals surface area contributed by atoms with E-state index in [1.165, 1.54) is 6.07 Å². The quantitative estimate of drug-likeness (QED) is 0.688.